The van der Waals surface area contributed by atoms with Crippen LogP contribution < -0.4 is 9.47 Å². The van der Waals surface area contributed by atoms with Gasteiger partial charge in [-0.05, 0) is 72.6 Å². The summed E-state index contributed by atoms with van der Waals surface area (Å²) in [6.45, 7) is 2.53. The van der Waals surface area contributed by atoms with E-state index in [9.17, 15) is 14.7 Å². The number of aromatic nitrogens is 1. The molecule has 1 saturated heterocycles. The first-order valence-electron chi connectivity index (χ1n) is 12.3. The molecule has 7 nitrogen and oxygen atoms in total. The first-order chi connectivity index (χ1) is 18.5. The molecule has 1 atom stereocenters. The van der Waals surface area contributed by atoms with Crippen molar-refractivity contribution in [3.8, 4) is 17.2 Å². The van der Waals surface area contributed by atoms with E-state index in [2.05, 4.69) is 4.98 Å². The summed E-state index contributed by atoms with van der Waals surface area (Å²) in [6.07, 6.45) is 3.29. The predicted molar refractivity (Wildman–Crippen MR) is 143 cm³/mol. The monoisotopic (exact) mass is 506 g/mol. The fourth-order valence-corrected chi connectivity index (χ4v) is 4.48. The average molecular weight is 507 g/mol. The van der Waals surface area contributed by atoms with E-state index in [1.807, 2.05) is 49.4 Å². The molecular weight excluding hydrogens is 480 g/mol. The third-order valence-electron chi connectivity index (χ3n) is 6.21. The lowest BCUT2D eigenvalue weighted by atomic mass is 9.95. The third kappa shape index (κ3) is 5.13. The molecule has 0 bridgehead atoms. The van der Waals surface area contributed by atoms with Gasteiger partial charge in [-0.25, -0.2) is 0 Å². The second-order valence-electron chi connectivity index (χ2n) is 8.73. The van der Waals surface area contributed by atoms with Crippen LogP contribution in [-0.4, -0.2) is 33.3 Å². The van der Waals surface area contributed by atoms with E-state index in [4.69, 9.17) is 9.47 Å². The smallest absolute Gasteiger partial charge is 0.295 e. The van der Waals surface area contributed by atoms with Gasteiger partial charge in [0.05, 0.1) is 18.2 Å². The molecule has 1 amide bonds. The van der Waals surface area contributed by atoms with Crippen LogP contribution >= 0.6 is 0 Å². The number of carbonyl (C=O) groups excluding carboxylic acids is 2. The maximum Gasteiger partial charge on any atom is 0.295 e. The molecule has 0 aliphatic carbocycles. The van der Waals surface area contributed by atoms with Crippen LogP contribution in [0.2, 0.25) is 0 Å². The zero-order chi connectivity index (χ0) is 26.5. The first-order valence-corrected chi connectivity index (χ1v) is 12.3. The Morgan fingerprint density at radius 2 is 1.66 bits per heavy atom. The number of amides is 1. The number of ether oxygens (including phenoxy) is 2. The van der Waals surface area contributed by atoms with Crippen LogP contribution in [0.25, 0.3) is 5.76 Å². The number of nitrogens with zero attached hydrogens (tertiary/aromatic N) is 2. The number of ketones is 1. The highest BCUT2D eigenvalue weighted by atomic mass is 16.5. The van der Waals surface area contributed by atoms with Crippen LogP contribution in [0.1, 0.15) is 29.7 Å². The Bertz CT molecular complexity index is 1470. The van der Waals surface area contributed by atoms with E-state index in [0.717, 1.165) is 5.56 Å². The molecule has 1 aromatic heterocycles. The van der Waals surface area contributed by atoms with Gasteiger partial charge in [-0.2, -0.15) is 0 Å². The first kappa shape index (κ1) is 24.8. The van der Waals surface area contributed by atoms with Crippen LogP contribution in [0.15, 0.2) is 109 Å². The number of aliphatic hydroxyl groups excluding tert-OH is 1. The maximum atomic E-state index is 13.4. The number of para-hydroxylation sites is 1. The second kappa shape index (κ2) is 11.0. The van der Waals surface area contributed by atoms with Crippen LogP contribution in [-0.2, 0) is 16.1 Å². The molecule has 2 heterocycles. The van der Waals surface area contributed by atoms with Gasteiger partial charge in [0.15, 0.2) is 0 Å². The molecule has 0 spiro atoms. The van der Waals surface area contributed by atoms with Crippen molar-refractivity contribution in [2.24, 2.45) is 0 Å². The predicted octanol–water partition coefficient (Wildman–Crippen LogP) is 5.89. The van der Waals surface area contributed by atoms with E-state index in [1.54, 1.807) is 60.9 Å². The molecule has 0 saturated carbocycles. The van der Waals surface area contributed by atoms with Gasteiger partial charge in [0.2, 0.25) is 0 Å². The van der Waals surface area contributed by atoms with Crippen LogP contribution in [0.5, 0.6) is 17.2 Å². The Labute approximate surface area is 220 Å². The van der Waals surface area contributed by atoms with Crippen molar-refractivity contribution in [1.82, 2.24) is 9.88 Å². The van der Waals surface area contributed by atoms with Gasteiger partial charge in [-0.15, -0.1) is 0 Å². The number of hydrogen-bond donors (Lipinski definition) is 1. The summed E-state index contributed by atoms with van der Waals surface area (Å²) in [5.41, 5.74) is 1.82. The van der Waals surface area contributed by atoms with Crippen molar-refractivity contribution in [3.63, 3.8) is 0 Å². The second-order valence-corrected chi connectivity index (χ2v) is 8.73. The largest absolute Gasteiger partial charge is 0.507 e. The summed E-state index contributed by atoms with van der Waals surface area (Å²) in [5, 5.41) is 11.3. The number of pyridine rings is 1. The normalized spacial score (nSPS) is 16.4. The number of hydrogen-bond acceptors (Lipinski definition) is 6. The Balaban J connectivity index is 1.59. The number of benzene rings is 3. The van der Waals surface area contributed by atoms with Crippen LogP contribution in [0.3, 0.4) is 0 Å². The van der Waals surface area contributed by atoms with Gasteiger partial charge in [0.25, 0.3) is 11.7 Å². The van der Waals surface area contributed by atoms with Crippen LogP contribution in [0, 0.1) is 0 Å². The van der Waals surface area contributed by atoms with Crippen molar-refractivity contribution in [2.75, 3.05) is 6.61 Å². The van der Waals surface area contributed by atoms with Crippen LogP contribution in [0.4, 0.5) is 0 Å². The highest BCUT2D eigenvalue weighted by molar-refractivity contribution is 6.46. The fraction of sp³-hybridized carbons (Fsp3) is 0.129. The summed E-state index contributed by atoms with van der Waals surface area (Å²) < 4.78 is 11.5. The third-order valence-corrected chi connectivity index (χ3v) is 6.21. The maximum absolute atomic E-state index is 13.4. The topological polar surface area (TPSA) is 89.0 Å². The zero-order valence-electron chi connectivity index (χ0n) is 20.8. The van der Waals surface area contributed by atoms with E-state index in [0.29, 0.717) is 35.0 Å². The summed E-state index contributed by atoms with van der Waals surface area (Å²) >= 11 is 0. The van der Waals surface area contributed by atoms with Crippen molar-refractivity contribution in [2.45, 2.75) is 19.5 Å². The molecule has 1 N–H and O–H groups in total. The molecule has 0 radical (unpaired) electrons. The quantitative estimate of drug-likeness (QED) is 0.182. The van der Waals surface area contributed by atoms with E-state index >= 15 is 0 Å². The van der Waals surface area contributed by atoms with Gasteiger partial charge in [-0.1, -0.05) is 36.4 Å². The molecule has 1 aliphatic rings. The Morgan fingerprint density at radius 1 is 0.895 bits per heavy atom. The van der Waals surface area contributed by atoms with Crippen molar-refractivity contribution >= 4 is 17.4 Å². The zero-order valence-corrected chi connectivity index (χ0v) is 20.8. The number of aliphatic hydroxyl groups is 1. The Kier molecular flexibility index (Phi) is 7.17. The number of Topliss-reactive ketones (excluding diaryl/α,β-unsaturated/α-hetero) is 1. The van der Waals surface area contributed by atoms with E-state index in [-0.39, 0.29) is 17.9 Å². The van der Waals surface area contributed by atoms with Crippen molar-refractivity contribution in [1.29, 1.82) is 0 Å². The number of carbonyl (C=O) groups is 2. The molecule has 0 unspecified atom stereocenters. The Morgan fingerprint density at radius 3 is 2.37 bits per heavy atom. The van der Waals surface area contributed by atoms with Gasteiger partial charge >= 0.3 is 0 Å². The molecule has 190 valence electrons. The number of rotatable bonds is 8. The van der Waals surface area contributed by atoms with E-state index in [1.165, 1.54) is 4.90 Å². The summed E-state index contributed by atoms with van der Waals surface area (Å²) in [7, 11) is 0. The molecule has 38 heavy (non-hydrogen) atoms. The minimum atomic E-state index is -0.832. The molecule has 1 aliphatic heterocycles. The van der Waals surface area contributed by atoms with Crippen molar-refractivity contribution < 1.29 is 24.2 Å². The SMILES string of the molecule is CCOc1ccc(/C(O)=C2\C(=O)C(=O)N(Cc3cccnc3)[C@@H]2c2cccc(Oc3ccccc3)c2)cc1. The van der Waals surface area contributed by atoms with Crippen molar-refractivity contribution in [3.05, 3.63) is 126 Å². The average Bonchev–Trinajstić information content (AvgIpc) is 3.19. The lowest BCUT2D eigenvalue weighted by Gasteiger charge is -2.25. The van der Waals surface area contributed by atoms with Gasteiger partial charge < -0.3 is 19.5 Å². The lowest BCUT2D eigenvalue weighted by Crippen LogP contribution is -2.29. The molecular formula is C31H26N2O5. The highest BCUT2D eigenvalue weighted by Crippen LogP contribution is 2.41. The summed E-state index contributed by atoms with van der Waals surface area (Å²) in [4.78, 5) is 32.3. The van der Waals surface area contributed by atoms with Gasteiger partial charge in [0.1, 0.15) is 23.0 Å². The minimum Gasteiger partial charge on any atom is -0.507 e. The lowest BCUT2D eigenvalue weighted by molar-refractivity contribution is -0.140. The van der Waals surface area contributed by atoms with Gasteiger partial charge in [0, 0.05) is 24.5 Å². The molecule has 7 heteroatoms. The standard InChI is InChI=1S/C31H26N2O5/c1-2-37-24-15-13-22(14-16-24)29(34)27-28(33(31(36)30(27)35)20-21-8-7-17-32-19-21)23-9-6-12-26(18-23)38-25-10-4-3-5-11-25/h3-19,28,34H,2,20H2,1H3/b29-27+/t28-/m1/s1. The highest BCUT2D eigenvalue weighted by Gasteiger charge is 2.46. The molecule has 4 aromatic rings. The summed E-state index contributed by atoms with van der Waals surface area (Å²) in [5.74, 6) is 0.147. The number of likely N-dealkylation sites (tertiary alicyclic amines) is 1. The molecule has 5 rings (SSSR count). The fourth-order valence-electron chi connectivity index (χ4n) is 4.48. The molecule has 3 aromatic carbocycles. The molecule has 1 fully saturated rings. The van der Waals surface area contributed by atoms with E-state index < -0.39 is 17.7 Å². The summed E-state index contributed by atoms with van der Waals surface area (Å²) in [6, 6.07) is 26.1. The van der Waals surface area contributed by atoms with Gasteiger partial charge in [-0.3, -0.25) is 14.6 Å². The Hall–Kier alpha value is -4.91. The minimum absolute atomic E-state index is 0.0138.